The van der Waals surface area contributed by atoms with Crippen LogP contribution in [0.5, 0.6) is 0 Å². The summed E-state index contributed by atoms with van der Waals surface area (Å²) in [5.41, 5.74) is 7.07. The van der Waals surface area contributed by atoms with Gasteiger partial charge in [0.2, 0.25) is 0 Å². The van der Waals surface area contributed by atoms with Crippen molar-refractivity contribution < 1.29 is 14.3 Å². The van der Waals surface area contributed by atoms with E-state index in [2.05, 4.69) is 5.32 Å². The average molecular weight is 292 g/mol. The van der Waals surface area contributed by atoms with E-state index in [-0.39, 0.29) is 18.3 Å². The van der Waals surface area contributed by atoms with Crippen LogP contribution in [0.15, 0.2) is 18.2 Å². The molecule has 0 fully saturated rings. The summed E-state index contributed by atoms with van der Waals surface area (Å²) in [6.45, 7) is 5.74. The summed E-state index contributed by atoms with van der Waals surface area (Å²) in [7, 11) is 1.35. The Morgan fingerprint density at radius 1 is 1.29 bits per heavy atom. The number of esters is 1. The number of aryl methyl sites for hydroxylation is 1. The van der Waals surface area contributed by atoms with Gasteiger partial charge in [-0.1, -0.05) is 19.9 Å². The van der Waals surface area contributed by atoms with E-state index >= 15 is 0 Å². The van der Waals surface area contributed by atoms with Gasteiger partial charge < -0.3 is 15.8 Å². The van der Waals surface area contributed by atoms with Crippen LogP contribution in [0.4, 0.5) is 5.69 Å². The van der Waals surface area contributed by atoms with Gasteiger partial charge in [-0.15, -0.1) is 0 Å². The van der Waals surface area contributed by atoms with Crippen LogP contribution < -0.4 is 11.1 Å². The Labute approximate surface area is 125 Å². The second kappa shape index (κ2) is 7.11. The van der Waals surface area contributed by atoms with Gasteiger partial charge in [0.25, 0.3) is 5.91 Å². The molecule has 0 aromatic heterocycles. The second-order valence-corrected chi connectivity index (χ2v) is 5.27. The average Bonchev–Trinajstić information content (AvgIpc) is 2.48. The van der Waals surface area contributed by atoms with E-state index in [1.54, 1.807) is 12.1 Å². The number of rotatable bonds is 6. The highest BCUT2D eigenvalue weighted by Crippen LogP contribution is 2.22. The van der Waals surface area contributed by atoms with E-state index in [0.717, 1.165) is 5.56 Å². The highest BCUT2D eigenvalue weighted by molar-refractivity contribution is 5.97. The number of hydrogen-bond acceptors (Lipinski definition) is 4. The Balaban J connectivity index is 3.00. The third-order valence-electron chi connectivity index (χ3n) is 3.95. The number of hydrogen-bond donors (Lipinski definition) is 2. The van der Waals surface area contributed by atoms with Crippen molar-refractivity contribution in [2.24, 2.45) is 0 Å². The molecule has 0 heterocycles. The highest BCUT2D eigenvalue weighted by Gasteiger charge is 2.32. The smallest absolute Gasteiger partial charge is 0.307 e. The van der Waals surface area contributed by atoms with Crippen LogP contribution in [0, 0.1) is 6.92 Å². The molecule has 0 aliphatic carbocycles. The Morgan fingerprint density at radius 3 is 2.43 bits per heavy atom. The first-order valence-electron chi connectivity index (χ1n) is 7.13. The number of benzene rings is 1. The molecule has 0 spiro atoms. The van der Waals surface area contributed by atoms with Gasteiger partial charge in [-0.3, -0.25) is 9.59 Å². The van der Waals surface area contributed by atoms with Gasteiger partial charge >= 0.3 is 5.97 Å². The molecular formula is C16H24N2O3. The standard InChI is InChI=1S/C16H24N2O3/c1-5-16(6-2,10-14(19)21-4)18-15(20)13-9-12(17)8-7-11(13)3/h7-9H,5-6,10,17H2,1-4H3,(H,18,20). The third kappa shape index (κ3) is 4.21. The first kappa shape index (κ1) is 17.0. The summed E-state index contributed by atoms with van der Waals surface area (Å²) in [4.78, 5) is 24.1. The molecule has 5 heteroatoms. The zero-order valence-corrected chi connectivity index (χ0v) is 13.2. The molecule has 0 unspecified atom stereocenters. The van der Waals surface area contributed by atoms with E-state index in [9.17, 15) is 9.59 Å². The molecule has 0 aliphatic rings. The maximum atomic E-state index is 12.5. The highest BCUT2D eigenvalue weighted by atomic mass is 16.5. The Hall–Kier alpha value is -2.04. The maximum Gasteiger partial charge on any atom is 0.307 e. The lowest BCUT2D eigenvalue weighted by Gasteiger charge is -2.32. The van der Waals surface area contributed by atoms with E-state index < -0.39 is 5.54 Å². The van der Waals surface area contributed by atoms with Crippen molar-refractivity contribution >= 4 is 17.6 Å². The van der Waals surface area contributed by atoms with Gasteiger partial charge in [-0.25, -0.2) is 0 Å². The van der Waals surface area contributed by atoms with Gasteiger partial charge in [0.05, 0.1) is 19.1 Å². The fourth-order valence-corrected chi connectivity index (χ4v) is 2.26. The SMILES string of the molecule is CCC(CC)(CC(=O)OC)NC(=O)c1cc(N)ccc1C. The molecule has 1 amide bonds. The number of ether oxygens (including phenoxy) is 1. The first-order chi connectivity index (χ1) is 9.87. The molecule has 1 rings (SSSR count). The van der Waals surface area contributed by atoms with Crippen LogP contribution in [0.1, 0.15) is 49.0 Å². The monoisotopic (exact) mass is 292 g/mol. The third-order valence-corrected chi connectivity index (χ3v) is 3.95. The lowest BCUT2D eigenvalue weighted by Crippen LogP contribution is -2.49. The summed E-state index contributed by atoms with van der Waals surface area (Å²) in [5.74, 6) is -0.546. The number of methoxy groups -OCH3 is 1. The zero-order chi connectivity index (χ0) is 16.0. The molecule has 5 nitrogen and oxygen atoms in total. The fraction of sp³-hybridized carbons (Fsp3) is 0.500. The summed E-state index contributed by atoms with van der Waals surface area (Å²) in [5, 5.41) is 2.98. The lowest BCUT2D eigenvalue weighted by atomic mass is 9.88. The molecule has 1 aromatic carbocycles. The number of nitrogen functional groups attached to an aromatic ring is 1. The Kier molecular flexibility index (Phi) is 5.76. The number of nitrogens with two attached hydrogens (primary N) is 1. The zero-order valence-electron chi connectivity index (χ0n) is 13.2. The molecule has 0 saturated carbocycles. The molecule has 0 atom stereocenters. The first-order valence-corrected chi connectivity index (χ1v) is 7.13. The molecule has 0 bridgehead atoms. The van der Waals surface area contributed by atoms with Gasteiger partial charge in [-0.2, -0.15) is 0 Å². The quantitative estimate of drug-likeness (QED) is 0.623. The number of amides is 1. The van der Waals surface area contributed by atoms with Crippen LogP contribution in [-0.2, 0) is 9.53 Å². The molecule has 0 radical (unpaired) electrons. The second-order valence-electron chi connectivity index (χ2n) is 5.27. The van der Waals surface area contributed by atoms with Gasteiger partial charge in [-0.05, 0) is 37.5 Å². The van der Waals surface area contributed by atoms with Crippen molar-refractivity contribution in [2.75, 3.05) is 12.8 Å². The minimum Gasteiger partial charge on any atom is -0.469 e. The number of carbonyl (C=O) groups is 2. The van der Waals surface area contributed by atoms with Crippen molar-refractivity contribution in [3.63, 3.8) is 0 Å². The van der Waals surface area contributed by atoms with Crippen LogP contribution in [-0.4, -0.2) is 24.5 Å². The molecule has 21 heavy (non-hydrogen) atoms. The number of nitrogens with one attached hydrogen (secondary N) is 1. The van der Waals surface area contributed by atoms with Crippen LogP contribution in [0.2, 0.25) is 0 Å². The predicted octanol–water partition coefficient (Wildman–Crippen LogP) is 2.43. The Bertz CT molecular complexity index is 522. The lowest BCUT2D eigenvalue weighted by molar-refractivity contribution is -0.142. The maximum absolute atomic E-state index is 12.5. The Morgan fingerprint density at radius 2 is 1.90 bits per heavy atom. The molecule has 1 aromatic rings. The largest absolute Gasteiger partial charge is 0.469 e. The topological polar surface area (TPSA) is 81.4 Å². The van der Waals surface area contributed by atoms with E-state index in [1.165, 1.54) is 7.11 Å². The summed E-state index contributed by atoms with van der Waals surface area (Å²) >= 11 is 0. The van der Waals surface area contributed by atoms with Crippen LogP contribution >= 0.6 is 0 Å². The van der Waals surface area contributed by atoms with Crippen LogP contribution in [0.3, 0.4) is 0 Å². The fourth-order valence-electron chi connectivity index (χ4n) is 2.26. The molecule has 116 valence electrons. The van der Waals surface area contributed by atoms with Crippen molar-refractivity contribution in [1.82, 2.24) is 5.32 Å². The molecule has 3 N–H and O–H groups in total. The summed E-state index contributed by atoms with van der Waals surface area (Å²) in [6.07, 6.45) is 1.45. The summed E-state index contributed by atoms with van der Waals surface area (Å²) < 4.78 is 4.73. The molecular weight excluding hydrogens is 268 g/mol. The predicted molar refractivity (Wildman–Crippen MR) is 83.0 cm³/mol. The minimum absolute atomic E-state index is 0.156. The van der Waals surface area contributed by atoms with Crippen molar-refractivity contribution in [2.45, 2.75) is 45.6 Å². The normalized spacial score (nSPS) is 11.0. The van der Waals surface area contributed by atoms with Crippen molar-refractivity contribution in [3.8, 4) is 0 Å². The summed E-state index contributed by atoms with van der Waals surface area (Å²) in [6, 6.07) is 5.22. The number of carbonyl (C=O) groups excluding carboxylic acids is 2. The van der Waals surface area contributed by atoms with E-state index in [1.807, 2.05) is 26.8 Å². The molecule has 0 saturated heterocycles. The van der Waals surface area contributed by atoms with E-state index in [0.29, 0.717) is 24.1 Å². The van der Waals surface area contributed by atoms with Gasteiger partial charge in [0.15, 0.2) is 0 Å². The van der Waals surface area contributed by atoms with Gasteiger partial charge in [0, 0.05) is 11.3 Å². The van der Waals surface area contributed by atoms with Crippen molar-refractivity contribution in [3.05, 3.63) is 29.3 Å². The van der Waals surface area contributed by atoms with E-state index in [4.69, 9.17) is 10.5 Å². The minimum atomic E-state index is -0.596. The van der Waals surface area contributed by atoms with Crippen LogP contribution in [0.25, 0.3) is 0 Å². The number of anilines is 1. The molecule has 0 aliphatic heterocycles. The van der Waals surface area contributed by atoms with Gasteiger partial charge in [0.1, 0.15) is 0 Å². The van der Waals surface area contributed by atoms with Crippen molar-refractivity contribution in [1.29, 1.82) is 0 Å².